The minimum Gasteiger partial charge on any atom is -0.350 e. The largest absolute Gasteiger partial charge is 0.350 e. The van der Waals surface area contributed by atoms with Crippen molar-refractivity contribution in [2.75, 3.05) is 11.9 Å². The van der Waals surface area contributed by atoms with Gasteiger partial charge in [-0.1, -0.05) is 36.7 Å². The highest BCUT2D eigenvalue weighted by Crippen LogP contribution is 2.31. The van der Waals surface area contributed by atoms with Gasteiger partial charge >= 0.3 is 0 Å². The van der Waals surface area contributed by atoms with Crippen molar-refractivity contribution in [1.29, 1.82) is 0 Å². The number of aryl methyl sites for hydroxylation is 2. The molecule has 0 saturated carbocycles. The van der Waals surface area contributed by atoms with E-state index in [-0.39, 0.29) is 11.8 Å². The minimum atomic E-state index is -0.292. The van der Waals surface area contributed by atoms with Gasteiger partial charge in [-0.25, -0.2) is 0 Å². The van der Waals surface area contributed by atoms with Gasteiger partial charge in [0, 0.05) is 17.3 Å². The molecule has 0 aromatic heterocycles. The van der Waals surface area contributed by atoms with E-state index >= 15 is 0 Å². The lowest BCUT2D eigenvalue weighted by molar-refractivity contribution is -0.136. The fourth-order valence-electron chi connectivity index (χ4n) is 2.97. The fraction of sp³-hybridized carbons (Fsp3) is 0.238. The third-order valence-electron chi connectivity index (χ3n) is 4.52. The minimum absolute atomic E-state index is 0.273. The number of benzene rings is 2. The molecule has 0 aliphatic carbocycles. The van der Waals surface area contributed by atoms with Gasteiger partial charge in [0.2, 0.25) is 0 Å². The first-order valence-corrected chi connectivity index (χ1v) is 9.01. The van der Waals surface area contributed by atoms with Crippen molar-refractivity contribution in [2.45, 2.75) is 27.2 Å². The number of nitrogens with one attached hydrogen (secondary N) is 1. The molecule has 1 aliphatic rings. The van der Waals surface area contributed by atoms with E-state index in [2.05, 4.69) is 5.32 Å². The van der Waals surface area contributed by atoms with Crippen LogP contribution in [0.5, 0.6) is 0 Å². The molecule has 2 aromatic carbocycles. The number of imide groups is 1. The van der Waals surface area contributed by atoms with Gasteiger partial charge < -0.3 is 5.32 Å². The van der Waals surface area contributed by atoms with E-state index in [1.54, 1.807) is 24.3 Å². The summed E-state index contributed by atoms with van der Waals surface area (Å²) in [7, 11) is 0. The van der Waals surface area contributed by atoms with Crippen LogP contribution < -0.4 is 5.32 Å². The monoisotopic (exact) mass is 368 g/mol. The van der Waals surface area contributed by atoms with Crippen LogP contribution in [0, 0.1) is 13.8 Å². The maximum atomic E-state index is 12.9. The van der Waals surface area contributed by atoms with Crippen molar-refractivity contribution in [3.05, 3.63) is 69.9 Å². The lowest BCUT2D eigenvalue weighted by atomic mass is 10.0. The van der Waals surface area contributed by atoms with Gasteiger partial charge in [0.25, 0.3) is 11.8 Å². The third-order valence-corrected chi connectivity index (χ3v) is 4.78. The van der Waals surface area contributed by atoms with E-state index in [1.165, 1.54) is 10.5 Å². The molecule has 1 N–H and O–H groups in total. The SMILES string of the molecule is CCCN1C(=O)C(Nc2ccc(C)c(C)c2)=C(c2ccc(Cl)cc2)C1=O. The van der Waals surface area contributed by atoms with Gasteiger partial charge in [0.05, 0.1) is 5.57 Å². The Morgan fingerprint density at radius 2 is 1.65 bits per heavy atom. The molecule has 0 bridgehead atoms. The summed E-state index contributed by atoms with van der Waals surface area (Å²) in [5.41, 5.74) is 4.45. The number of halogens is 1. The standard InChI is InChI=1S/C21H21ClN2O2/c1-4-11-24-20(25)18(15-6-8-16(22)9-7-15)19(21(24)26)23-17-10-5-13(2)14(3)12-17/h5-10,12,23H,4,11H2,1-3H3. The zero-order chi connectivity index (χ0) is 18.8. The maximum Gasteiger partial charge on any atom is 0.278 e. The first kappa shape index (κ1) is 18.2. The molecular formula is C21H21ClN2O2. The Morgan fingerprint density at radius 1 is 0.962 bits per heavy atom. The fourth-order valence-corrected chi connectivity index (χ4v) is 3.09. The van der Waals surface area contributed by atoms with Crippen molar-refractivity contribution in [3.63, 3.8) is 0 Å². The Hall–Kier alpha value is -2.59. The van der Waals surface area contributed by atoms with Crippen LogP contribution in [0.1, 0.15) is 30.0 Å². The van der Waals surface area contributed by atoms with E-state index < -0.39 is 0 Å². The summed E-state index contributed by atoms with van der Waals surface area (Å²) in [5.74, 6) is -0.564. The van der Waals surface area contributed by atoms with Crippen LogP contribution in [-0.2, 0) is 9.59 Å². The van der Waals surface area contributed by atoms with Crippen LogP contribution in [0.15, 0.2) is 48.2 Å². The molecule has 0 spiro atoms. The summed E-state index contributed by atoms with van der Waals surface area (Å²) in [6.45, 7) is 6.38. The number of amides is 2. The lowest BCUT2D eigenvalue weighted by Gasteiger charge is -2.14. The average molecular weight is 369 g/mol. The summed E-state index contributed by atoms with van der Waals surface area (Å²) in [6.07, 6.45) is 0.711. The van der Waals surface area contributed by atoms with E-state index in [0.29, 0.717) is 34.8 Å². The summed E-state index contributed by atoms with van der Waals surface area (Å²) >= 11 is 5.97. The molecule has 2 amide bonds. The summed E-state index contributed by atoms with van der Waals surface area (Å²) in [6, 6.07) is 12.8. The second-order valence-corrected chi connectivity index (χ2v) is 6.88. The predicted octanol–water partition coefficient (Wildman–Crippen LogP) is 4.56. The van der Waals surface area contributed by atoms with Crippen molar-refractivity contribution in [1.82, 2.24) is 4.90 Å². The molecule has 4 nitrogen and oxygen atoms in total. The maximum absolute atomic E-state index is 12.9. The molecule has 5 heteroatoms. The number of carbonyl (C=O) groups is 2. The second kappa shape index (κ2) is 7.34. The van der Waals surface area contributed by atoms with Crippen LogP contribution in [0.2, 0.25) is 5.02 Å². The molecular weight excluding hydrogens is 348 g/mol. The van der Waals surface area contributed by atoms with Crippen LogP contribution >= 0.6 is 11.6 Å². The Labute approximate surface area is 158 Å². The summed E-state index contributed by atoms with van der Waals surface area (Å²) < 4.78 is 0. The highest BCUT2D eigenvalue weighted by Gasteiger charge is 2.38. The van der Waals surface area contributed by atoms with E-state index in [9.17, 15) is 9.59 Å². The van der Waals surface area contributed by atoms with Crippen molar-refractivity contribution in [3.8, 4) is 0 Å². The van der Waals surface area contributed by atoms with E-state index in [4.69, 9.17) is 11.6 Å². The van der Waals surface area contributed by atoms with Gasteiger partial charge in [-0.15, -0.1) is 0 Å². The lowest BCUT2D eigenvalue weighted by Crippen LogP contribution is -2.33. The van der Waals surface area contributed by atoms with Crippen LogP contribution in [0.3, 0.4) is 0 Å². The first-order chi connectivity index (χ1) is 12.4. The zero-order valence-electron chi connectivity index (χ0n) is 15.1. The predicted molar refractivity (Wildman–Crippen MR) is 105 cm³/mol. The number of hydrogen-bond donors (Lipinski definition) is 1. The smallest absolute Gasteiger partial charge is 0.278 e. The molecule has 0 radical (unpaired) electrons. The van der Waals surface area contributed by atoms with Crippen LogP contribution in [0.25, 0.3) is 5.57 Å². The molecule has 0 saturated heterocycles. The number of nitrogens with zero attached hydrogens (tertiary/aromatic N) is 1. The van der Waals surface area contributed by atoms with Gasteiger partial charge in [0.15, 0.2) is 0 Å². The average Bonchev–Trinajstić information content (AvgIpc) is 2.84. The quantitative estimate of drug-likeness (QED) is 0.787. The summed E-state index contributed by atoms with van der Waals surface area (Å²) in [5, 5.41) is 3.76. The molecule has 3 rings (SSSR count). The van der Waals surface area contributed by atoms with Crippen LogP contribution in [0.4, 0.5) is 5.69 Å². The zero-order valence-corrected chi connectivity index (χ0v) is 15.9. The number of hydrogen-bond acceptors (Lipinski definition) is 3. The molecule has 2 aromatic rings. The van der Waals surface area contributed by atoms with Gasteiger partial charge in [0.1, 0.15) is 5.70 Å². The second-order valence-electron chi connectivity index (χ2n) is 6.44. The van der Waals surface area contributed by atoms with Crippen LogP contribution in [-0.4, -0.2) is 23.3 Å². The molecule has 0 atom stereocenters. The Kier molecular flexibility index (Phi) is 5.14. The highest BCUT2D eigenvalue weighted by atomic mass is 35.5. The van der Waals surface area contributed by atoms with Crippen molar-refractivity contribution in [2.24, 2.45) is 0 Å². The van der Waals surface area contributed by atoms with Crippen molar-refractivity contribution >= 4 is 34.7 Å². The first-order valence-electron chi connectivity index (χ1n) is 8.63. The molecule has 0 unspecified atom stereocenters. The van der Waals surface area contributed by atoms with Gasteiger partial charge in [-0.2, -0.15) is 0 Å². The van der Waals surface area contributed by atoms with Gasteiger partial charge in [-0.3, -0.25) is 14.5 Å². The Bertz CT molecular complexity index is 901. The van der Waals surface area contributed by atoms with Gasteiger partial charge in [-0.05, 0) is 61.2 Å². The number of rotatable bonds is 5. The van der Waals surface area contributed by atoms with Crippen molar-refractivity contribution < 1.29 is 9.59 Å². The molecule has 1 heterocycles. The number of carbonyl (C=O) groups excluding carboxylic acids is 2. The van der Waals surface area contributed by atoms with E-state index in [0.717, 1.165) is 11.3 Å². The Morgan fingerprint density at radius 3 is 2.27 bits per heavy atom. The molecule has 26 heavy (non-hydrogen) atoms. The normalized spacial score (nSPS) is 14.4. The van der Waals surface area contributed by atoms with E-state index in [1.807, 2.05) is 39.0 Å². The molecule has 134 valence electrons. The highest BCUT2D eigenvalue weighted by molar-refractivity contribution is 6.36. The topological polar surface area (TPSA) is 49.4 Å². The molecule has 1 aliphatic heterocycles. The molecule has 0 fully saturated rings. The summed E-state index contributed by atoms with van der Waals surface area (Å²) in [4.78, 5) is 27.1. The third kappa shape index (κ3) is 3.37. The Balaban J connectivity index is 2.07. The number of anilines is 1.